The van der Waals surface area contributed by atoms with Gasteiger partial charge in [-0.3, -0.25) is 0 Å². The monoisotopic (exact) mass is 341 g/mol. The second kappa shape index (κ2) is 5.49. The van der Waals surface area contributed by atoms with Crippen molar-refractivity contribution in [3.8, 4) is 11.5 Å². The second-order valence-electron chi connectivity index (χ2n) is 7.77. The molecule has 2 aliphatic heterocycles. The van der Waals surface area contributed by atoms with Gasteiger partial charge in [0.2, 0.25) is 0 Å². The van der Waals surface area contributed by atoms with E-state index in [1.54, 1.807) is 0 Å². The maximum atomic E-state index is 6.64. The van der Waals surface area contributed by atoms with Crippen molar-refractivity contribution in [2.24, 2.45) is 5.92 Å². The molecule has 2 bridgehead atoms. The number of hydrogen-bond donors (Lipinski definition) is 0. The average molecular weight is 341 g/mol. The second-order valence-corrected chi connectivity index (χ2v) is 7.77. The Labute approximate surface area is 149 Å². The van der Waals surface area contributed by atoms with Crippen molar-refractivity contribution in [3.63, 3.8) is 0 Å². The third-order valence-electron chi connectivity index (χ3n) is 6.77. The minimum Gasteiger partial charge on any atom is -0.490 e. The zero-order chi connectivity index (χ0) is 17.2. The Kier molecular flexibility index (Phi) is 3.45. The van der Waals surface area contributed by atoms with Gasteiger partial charge in [0.1, 0.15) is 12.2 Å². The fraction of sp³-hybridized carbons (Fsp3) is 0.619. The summed E-state index contributed by atoms with van der Waals surface area (Å²) in [5.41, 5.74) is 2.91. The van der Waals surface area contributed by atoms with Crippen LogP contribution in [0.2, 0.25) is 0 Å². The molecule has 4 heteroatoms. The summed E-state index contributed by atoms with van der Waals surface area (Å²) in [6.45, 7) is 6.58. The predicted octanol–water partition coefficient (Wildman–Crippen LogP) is 2.94. The summed E-state index contributed by atoms with van der Waals surface area (Å²) in [4.78, 5) is 2.54. The minimum absolute atomic E-state index is 0.0260. The molecule has 1 aromatic rings. The van der Waals surface area contributed by atoms with Gasteiger partial charge in [0.25, 0.3) is 0 Å². The van der Waals surface area contributed by atoms with E-state index in [1.807, 2.05) is 6.92 Å². The van der Waals surface area contributed by atoms with E-state index < -0.39 is 0 Å². The fourth-order valence-corrected chi connectivity index (χ4v) is 5.81. The number of benzene rings is 1. The van der Waals surface area contributed by atoms with Gasteiger partial charge in [-0.1, -0.05) is 18.2 Å². The lowest BCUT2D eigenvalue weighted by Gasteiger charge is -2.56. The lowest BCUT2D eigenvalue weighted by atomic mass is 9.53. The number of ether oxygens (including phenoxy) is 3. The molecular formula is C21H27NO3. The highest BCUT2D eigenvalue weighted by Gasteiger charge is 2.64. The van der Waals surface area contributed by atoms with Gasteiger partial charge in [-0.15, -0.1) is 0 Å². The maximum Gasteiger partial charge on any atom is 0.165 e. The van der Waals surface area contributed by atoms with Crippen molar-refractivity contribution in [3.05, 3.63) is 35.4 Å². The van der Waals surface area contributed by atoms with Crippen LogP contribution in [0.3, 0.4) is 0 Å². The lowest BCUT2D eigenvalue weighted by Crippen LogP contribution is -2.65. The average Bonchev–Trinajstić information content (AvgIpc) is 2.96. The summed E-state index contributed by atoms with van der Waals surface area (Å²) in [6, 6.07) is 4.92. The minimum atomic E-state index is 0.0260. The van der Waals surface area contributed by atoms with Crippen LogP contribution in [0.4, 0.5) is 0 Å². The highest BCUT2D eigenvalue weighted by atomic mass is 16.6. The first-order valence-electron chi connectivity index (χ1n) is 9.66. The highest BCUT2D eigenvalue weighted by molar-refractivity contribution is 5.62. The Bertz CT molecular complexity index is 730. The summed E-state index contributed by atoms with van der Waals surface area (Å²) >= 11 is 0. The van der Waals surface area contributed by atoms with Crippen LogP contribution in [-0.2, 0) is 16.6 Å². The standard InChI is InChI=1S/C21H27NO3/c1-4-23-16-8-6-13-12-15-14-7-9-17(24-5-2)20-21(14,10-11-22(15)3)18(13)19(16)25-20/h6-9,14-15,17,20H,4-5,10-12H2,1-3H3/t14-,15-,17-,20-,21-/m0/s1. The van der Waals surface area contributed by atoms with Crippen LogP contribution in [0.5, 0.6) is 11.5 Å². The Balaban J connectivity index is 1.73. The van der Waals surface area contributed by atoms with E-state index in [-0.39, 0.29) is 17.6 Å². The van der Waals surface area contributed by atoms with Crippen molar-refractivity contribution < 1.29 is 14.2 Å². The number of nitrogens with zero attached hydrogens (tertiary/aromatic N) is 1. The molecule has 1 fully saturated rings. The van der Waals surface area contributed by atoms with E-state index in [4.69, 9.17) is 14.2 Å². The van der Waals surface area contributed by atoms with Gasteiger partial charge in [-0.25, -0.2) is 0 Å². The Morgan fingerprint density at radius 3 is 2.92 bits per heavy atom. The van der Waals surface area contributed by atoms with Crippen LogP contribution in [-0.4, -0.2) is 50.0 Å². The summed E-state index contributed by atoms with van der Waals surface area (Å²) in [7, 11) is 2.27. The van der Waals surface area contributed by atoms with Crippen molar-refractivity contribution in [1.29, 1.82) is 0 Å². The van der Waals surface area contributed by atoms with E-state index in [2.05, 4.69) is 43.2 Å². The molecule has 0 radical (unpaired) electrons. The first kappa shape index (κ1) is 15.7. The summed E-state index contributed by atoms with van der Waals surface area (Å²) in [5, 5.41) is 0. The third-order valence-corrected chi connectivity index (χ3v) is 6.77. The van der Waals surface area contributed by atoms with Gasteiger partial charge < -0.3 is 19.1 Å². The number of likely N-dealkylation sites (N-methyl/N-ethyl adjacent to an activating group) is 1. The number of rotatable bonds is 4. The Morgan fingerprint density at radius 2 is 2.12 bits per heavy atom. The lowest BCUT2D eigenvalue weighted by molar-refractivity contribution is -0.0682. The molecule has 25 heavy (non-hydrogen) atoms. The van der Waals surface area contributed by atoms with Gasteiger partial charge in [-0.05, 0) is 51.9 Å². The van der Waals surface area contributed by atoms with E-state index >= 15 is 0 Å². The molecule has 2 aliphatic carbocycles. The molecule has 1 saturated heterocycles. The van der Waals surface area contributed by atoms with Crippen LogP contribution >= 0.6 is 0 Å². The van der Waals surface area contributed by atoms with Crippen LogP contribution in [0.25, 0.3) is 0 Å². The van der Waals surface area contributed by atoms with E-state index in [0.29, 0.717) is 25.2 Å². The molecular weight excluding hydrogens is 314 g/mol. The largest absolute Gasteiger partial charge is 0.490 e. The van der Waals surface area contributed by atoms with Crippen molar-refractivity contribution >= 4 is 0 Å². The molecule has 1 spiro atoms. The summed E-state index contributed by atoms with van der Waals surface area (Å²) < 4.78 is 18.7. The van der Waals surface area contributed by atoms with Crippen molar-refractivity contribution in [2.45, 2.75) is 50.4 Å². The quantitative estimate of drug-likeness (QED) is 0.788. The maximum absolute atomic E-state index is 6.64. The number of piperidine rings is 1. The molecule has 1 aromatic carbocycles. The zero-order valence-electron chi connectivity index (χ0n) is 15.3. The predicted molar refractivity (Wildman–Crippen MR) is 96.5 cm³/mol. The number of hydrogen-bond acceptors (Lipinski definition) is 4. The summed E-state index contributed by atoms with van der Waals surface area (Å²) in [5.74, 6) is 2.39. The smallest absolute Gasteiger partial charge is 0.165 e. The molecule has 4 aliphatic rings. The van der Waals surface area contributed by atoms with Crippen LogP contribution in [0.15, 0.2) is 24.3 Å². The molecule has 4 nitrogen and oxygen atoms in total. The Morgan fingerprint density at radius 1 is 1.24 bits per heavy atom. The summed E-state index contributed by atoms with van der Waals surface area (Å²) in [6.07, 6.45) is 6.98. The highest BCUT2D eigenvalue weighted by Crippen LogP contribution is 2.62. The van der Waals surface area contributed by atoms with Crippen LogP contribution in [0.1, 0.15) is 31.4 Å². The van der Waals surface area contributed by atoms with Gasteiger partial charge in [-0.2, -0.15) is 0 Å². The first-order valence-corrected chi connectivity index (χ1v) is 9.66. The van der Waals surface area contributed by atoms with E-state index in [1.165, 1.54) is 11.1 Å². The molecule has 134 valence electrons. The van der Waals surface area contributed by atoms with Crippen LogP contribution < -0.4 is 9.47 Å². The molecule has 0 unspecified atom stereocenters. The first-order chi connectivity index (χ1) is 12.2. The fourth-order valence-electron chi connectivity index (χ4n) is 5.81. The topological polar surface area (TPSA) is 30.9 Å². The molecule has 0 saturated carbocycles. The number of likely N-dealkylation sites (tertiary alicyclic amines) is 1. The van der Waals surface area contributed by atoms with Gasteiger partial charge in [0.15, 0.2) is 11.5 Å². The van der Waals surface area contributed by atoms with Gasteiger partial charge in [0, 0.05) is 29.5 Å². The molecule has 5 rings (SSSR count). The SMILES string of the molecule is CCOc1ccc2c3c1O[C@H]1[C@@H](OCC)C=C[C@H]4[C@H](C2)N(C)CC[C@@]341. The van der Waals surface area contributed by atoms with Crippen LogP contribution in [0, 0.1) is 5.92 Å². The van der Waals surface area contributed by atoms with E-state index in [9.17, 15) is 0 Å². The molecule has 0 aromatic heterocycles. The van der Waals surface area contributed by atoms with Gasteiger partial charge in [0.05, 0.1) is 6.61 Å². The van der Waals surface area contributed by atoms with Crippen molar-refractivity contribution in [1.82, 2.24) is 4.90 Å². The normalized spacial score (nSPS) is 37.6. The molecule has 0 N–H and O–H groups in total. The Hall–Kier alpha value is -1.52. The molecule has 2 heterocycles. The van der Waals surface area contributed by atoms with Crippen molar-refractivity contribution in [2.75, 3.05) is 26.8 Å². The zero-order valence-corrected chi connectivity index (χ0v) is 15.3. The molecule has 0 amide bonds. The molecule has 5 atom stereocenters. The third kappa shape index (κ3) is 1.90. The van der Waals surface area contributed by atoms with E-state index in [0.717, 1.165) is 30.9 Å². The van der Waals surface area contributed by atoms with Gasteiger partial charge >= 0.3 is 0 Å².